The van der Waals surface area contributed by atoms with Crippen molar-refractivity contribution in [1.29, 1.82) is 0 Å². The summed E-state index contributed by atoms with van der Waals surface area (Å²) in [6.45, 7) is 10.0. The average molecular weight is 700 g/mol. The van der Waals surface area contributed by atoms with Crippen LogP contribution in [-0.2, 0) is 10.8 Å². The highest BCUT2D eigenvalue weighted by Gasteiger charge is 2.60. The summed E-state index contributed by atoms with van der Waals surface area (Å²) >= 11 is 2.04. The van der Waals surface area contributed by atoms with Crippen molar-refractivity contribution in [2.24, 2.45) is 11.8 Å². The minimum atomic E-state index is -0.431. The third-order valence-corrected chi connectivity index (χ3v) is 14.7. The number of anilines is 2. The fourth-order valence-corrected chi connectivity index (χ4v) is 12.7. The topological polar surface area (TPSA) is 3.24 Å². The molecule has 0 radical (unpaired) electrons. The minimum Gasteiger partial charge on any atom is -0.328 e. The van der Waals surface area contributed by atoms with Gasteiger partial charge in [-0.2, -0.15) is 0 Å². The van der Waals surface area contributed by atoms with Gasteiger partial charge in [-0.15, -0.1) is 0 Å². The highest BCUT2D eigenvalue weighted by Crippen LogP contribution is 2.70. The van der Waals surface area contributed by atoms with E-state index in [2.05, 4.69) is 196 Å². The van der Waals surface area contributed by atoms with E-state index in [0.717, 1.165) is 0 Å². The van der Waals surface area contributed by atoms with Crippen molar-refractivity contribution < 1.29 is 0 Å². The Morgan fingerprint density at radius 3 is 1.91 bits per heavy atom. The molecule has 0 saturated carbocycles. The average Bonchev–Trinajstić information content (AvgIpc) is 3.49. The van der Waals surface area contributed by atoms with Gasteiger partial charge in [0.25, 0.3) is 0 Å². The molecule has 0 amide bonds. The summed E-state index contributed by atoms with van der Waals surface area (Å²) in [5.74, 6) is 0.394. The van der Waals surface area contributed by atoms with Gasteiger partial charge in [0, 0.05) is 33.5 Å². The SMILES string of the molecule is CC1C2=C3C(C)C4=C1C(C)(c1ccccc1)C=CC4(C)N(c1ccc(-c4ccccc4)cc1)c1ccc4c(c1)C3(c1ccccc1S2)c1ccccc1-4. The van der Waals surface area contributed by atoms with Crippen LogP contribution >= 0.6 is 11.8 Å². The van der Waals surface area contributed by atoms with Crippen LogP contribution in [0.2, 0.25) is 0 Å². The summed E-state index contributed by atoms with van der Waals surface area (Å²) in [6, 6.07) is 57.3. The number of fused-ring (bicyclic) bond motifs is 4. The maximum Gasteiger partial charge on any atom is 0.0827 e. The quantitative estimate of drug-likeness (QED) is 0.169. The highest BCUT2D eigenvalue weighted by atomic mass is 32.2. The van der Waals surface area contributed by atoms with Gasteiger partial charge in [0.1, 0.15) is 0 Å². The summed E-state index contributed by atoms with van der Waals surface area (Å²) < 4.78 is 0. The van der Waals surface area contributed by atoms with E-state index in [1.54, 1.807) is 11.1 Å². The molecule has 1 spiro atoms. The maximum absolute atomic E-state index is 2.67. The van der Waals surface area contributed by atoms with Gasteiger partial charge in [-0.05, 0) is 110 Å². The summed E-state index contributed by atoms with van der Waals surface area (Å²) in [4.78, 5) is 5.58. The van der Waals surface area contributed by atoms with Crippen molar-refractivity contribution in [3.05, 3.63) is 208 Å². The summed E-state index contributed by atoms with van der Waals surface area (Å²) in [7, 11) is 0. The molecule has 0 fully saturated rings. The molecule has 0 N–H and O–H groups in total. The van der Waals surface area contributed by atoms with Crippen molar-refractivity contribution in [3.8, 4) is 22.3 Å². The lowest BCUT2D eigenvalue weighted by atomic mass is 9.53. The van der Waals surface area contributed by atoms with Gasteiger partial charge >= 0.3 is 0 Å². The third kappa shape index (κ3) is 3.90. The van der Waals surface area contributed by atoms with Crippen LogP contribution in [0.15, 0.2) is 190 Å². The van der Waals surface area contributed by atoms with Crippen molar-refractivity contribution in [2.75, 3.05) is 4.90 Å². The van der Waals surface area contributed by atoms with E-state index in [0.29, 0.717) is 0 Å². The van der Waals surface area contributed by atoms with E-state index >= 15 is 0 Å². The number of nitrogens with zero attached hydrogens (tertiary/aromatic N) is 1. The van der Waals surface area contributed by atoms with Gasteiger partial charge in [-0.25, -0.2) is 0 Å². The smallest absolute Gasteiger partial charge is 0.0827 e. The lowest BCUT2D eigenvalue weighted by Crippen LogP contribution is -2.53. The highest BCUT2D eigenvalue weighted by molar-refractivity contribution is 8.03. The third-order valence-electron chi connectivity index (χ3n) is 13.4. The van der Waals surface area contributed by atoms with E-state index < -0.39 is 5.54 Å². The molecule has 4 bridgehead atoms. The lowest BCUT2D eigenvalue weighted by molar-refractivity contribution is 0.453. The Morgan fingerprint density at radius 1 is 0.509 bits per heavy atom. The van der Waals surface area contributed by atoms with Gasteiger partial charge in [0.05, 0.1) is 11.0 Å². The molecule has 6 aromatic rings. The zero-order valence-electron chi connectivity index (χ0n) is 30.6. The fraction of sp³-hybridized carbons (Fsp3) is 0.176. The molecule has 2 heteroatoms. The van der Waals surface area contributed by atoms with E-state index in [4.69, 9.17) is 0 Å². The first-order valence-corrected chi connectivity index (χ1v) is 19.9. The number of hydrogen-bond acceptors (Lipinski definition) is 2. The molecule has 1 nitrogen and oxygen atoms in total. The second kappa shape index (κ2) is 10.9. The zero-order valence-corrected chi connectivity index (χ0v) is 31.4. The van der Waals surface area contributed by atoms with Crippen molar-refractivity contribution >= 4 is 23.1 Å². The normalized spacial score (nSPS) is 27.1. The number of benzene rings is 6. The Balaban J connectivity index is 1.27. The predicted octanol–water partition coefficient (Wildman–Crippen LogP) is 13.0. The molecule has 5 atom stereocenters. The first kappa shape index (κ1) is 31.2. The van der Waals surface area contributed by atoms with Crippen LogP contribution in [0.25, 0.3) is 22.3 Å². The number of rotatable bonds is 3. The molecular weight excluding hydrogens is 659 g/mol. The van der Waals surface area contributed by atoms with Gasteiger partial charge in [-0.3, -0.25) is 0 Å². The van der Waals surface area contributed by atoms with E-state index in [1.165, 1.54) is 71.3 Å². The van der Waals surface area contributed by atoms with E-state index in [1.807, 2.05) is 11.8 Å². The Kier molecular flexibility index (Phi) is 6.41. The fourth-order valence-electron chi connectivity index (χ4n) is 11.3. The monoisotopic (exact) mass is 699 g/mol. The van der Waals surface area contributed by atoms with Crippen molar-refractivity contribution in [1.82, 2.24) is 0 Å². The van der Waals surface area contributed by atoms with Crippen LogP contribution in [0.5, 0.6) is 0 Å². The molecule has 3 aliphatic carbocycles. The van der Waals surface area contributed by atoms with E-state index in [9.17, 15) is 0 Å². The first-order valence-electron chi connectivity index (χ1n) is 19.1. The molecule has 0 saturated heterocycles. The van der Waals surface area contributed by atoms with Crippen LogP contribution in [0.4, 0.5) is 11.4 Å². The Labute approximate surface area is 317 Å². The maximum atomic E-state index is 2.67. The van der Waals surface area contributed by atoms with Crippen LogP contribution in [0.1, 0.15) is 49.9 Å². The van der Waals surface area contributed by atoms with Gasteiger partial charge in [0.15, 0.2) is 0 Å². The van der Waals surface area contributed by atoms with Crippen LogP contribution in [0.3, 0.4) is 0 Å². The molecule has 2 heterocycles. The zero-order chi connectivity index (χ0) is 35.7. The number of allylic oxidation sites excluding steroid dienone is 4. The standard InChI is InChI=1S/C51H41NS/c1-32-46-45-33(2)48-47(32)51(42-21-13-14-22-44(42)53-48)41-20-12-11-19-39(41)40-28-27-38(31-43(40)51)52(37-25-23-35(24-26-37)34-15-7-5-8-16-34)50(46,4)30-29-49(45,3)36-17-9-6-10-18-36/h5-33H,1-4H3. The van der Waals surface area contributed by atoms with Crippen molar-refractivity contribution in [2.45, 2.75) is 49.0 Å². The second-order valence-electron chi connectivity index (χ2n) is 16.0. The molecule has 2 aliphatic heterocycles. The summed E-state index contributed by atoms with van der Waals surface area (Å²) in [5.41, 5.74) is 16.8. The Hall–Kier alpha value is -5.31. The molecule has 5 aliphatic rings. The lowest BCUT2D eigenvalue weighted by Gasteiger charge is -2.56. The Bertz CT molecular complexity index is 2600. The number of hydrogen-bond donors (Lipinski definition) is 0. The molecule has 0 aromatic heterocycles. The van der Waals surface area contributed by atoms with Crippen LogP contribution in [-0.4, -0.2) is 5.54 Å². The van der Waals surface area contributed by atoms with Gasteiger partial charge in [0.2, 0.25) is 0 Å². The van der Waals surface area contributed by atoms with Crippen molar-refractivity contribution in [3.63, 3.8) is 0 Å². The summed E-state index contributed by atoms with van der Waals surface area (Å²) in [6.07, 6.45) is 5.10. The van der Waals surface area contributed by atoms with Gasteiger partial charge in [-0.1, -0.05) is 159 Å². The van der Waals surface area contributed by atoms with E-state index in [-0.39, 0.29) is 22.7 Å². The molecule has 53 heavy (non-hydrogen) atoms. The Morgan fingerprint density at radius 2 is 1.13 bits per heavy atom. The largest absolute Gasteiger partial charge is 0.328 e. The minimum absolute atomic E-state index is 0.175. The molecule has 5 unspecified atom stereocenters. The number of thioether (sulfide) groups is 1. The molecule has 11 rings (SSSR count). The molecule has 256 valence electrons. The van der Waals surface area contributed by atoms with Crippen LogP contribution in [0, 0.1) is 11.8 Å². The first-order chi connectivity index (χ1) is 25.9. The molecular formula is C51H41NS. The summed E-state index contributed by atoms with van der Waals surface area (Å²) in [5, 5.41) is 0. The van der Waals surface area contributed by atoms with Gasteiger partial charge < -0.3 is 4.90 Å². The predicted molar refractivity (Wildman–Crippen MR) is 222 cm³/mol. The second-order valence-corrected chi connectivity index (χ2v) is 17.1. The molecule has 6 aromatic carbocycles. The van der Waals surface area contributed by atoms with Crippen LogP contribution < -0.4 is 4.90 Å².